The van der Waals surface area contributed by atoms with Crippen LogP contribution in [-0.2, 0) is 38.0 Å². The molecule has 5 heterocycles. The maximum Gasteiger partial charge on any atom is 0.310 e. The monoisotopic (exact) mass is 1150 g/mol. The lowest BCUT2D eigenvalue weighted by Crippen LogP contribution is -2.60. The van der Waals surface area contributed by atoms with Crippen LogP contribution in [0.3, 0.4) is 0 Å². The van der Waals surface area contributed by atoms with Gasteiger partial charge in [-0.3, -0.25) is 9.59 Å². The van der Waals surface area contributed by atoms with Crippen molar-refractivity contribution >= 4 is 11.9 Å². The number of methoxy groups -OCH3 is 6. The molecular weight excluding hydrogens is 1090 g/mol. The first-order chi connectivity index (χ1) is 39.6. The Morgan fingerprint density at radius 2 is 0.756 bits per heavy atom. The minimum absolute atomic E-state index is 0.191. The van der Waals surface area contributed by atoms with Crippen LogP contribution in [0.25, 0.3) is 0 Å². The summed E-state index contributed by atoms with van der Waals surface area (Å²) in [5, 5.41) is 87.4. The fourth-order valence-electron chi connectivity index (χ4n) is 12.6. The van der Waals surface area contributed by atoms with Gasteiger partial charge in [0.15, 0.2) is 58.6 Å². The van der Waals surface area contributed by atoms with E-state index in [1.54, 1.807) is 48.5 Å². The number of rotatable bonds is 14. The lowest BCUT2D eigenvalue weighted by Gasteiger charge is -2.48. The Morgan fingerprint density at radius 1 is 0.427 bits per heavy atom. The van der Waals surface area contributed by atoms with Crippen molar-refractivity contribution in [2.24, 2.45) is 23.7 Å². The van der Waals surface area contributed by atoms with Gasteiger partial charge in [-0.15, -0.1) is 0 Å². The van der Waals surface area contributed by atoms with Gasteiger partial charge in [-0.25, -0.2) is 0 Å². The van der Waals surface area contributed by atoms with Gasteiger partial charge < -0.3 is 117 Å². The summed E-state index contributed by atoms with van der Waals surface area (Å²) in [6.45, 7) is -3.30. The molecule has 0 radical (unpaired) electrons. The van der Waals surface area contributed by atoms with Crippen LogP contribution >= 0.6 is 0 Å². The van der Waals surface area contributed by atoms with Gasteiger partial charge in [-0.1, -0.05) is 0 Å². The molecule has 7 aliphatic rings. The predicted octanol–water partition coefficient (Wildman–Crippen LogP) is 0.467. The van der Waals surface area contributed by atoms with Crippen LogP contribution in [-0.4, -0.2) is 197 Å². The quantitative estimate of drug-likeness (QED) is 0.0796. The normalized spacial score (nSPS) is 33.5. The van der Waals surface area contributed by atoms with Crippen molar-refractivity contribution in [3.05, 3.63) is 81.9 Å². The number of aliphatic hydroxyl groups excluding tert-OH is 8. The van der Waals surface area contributed by atoms with Crippen molar-refractivity contribution in [3.8, 4) is 57.5 Å². The van der Waals surface area contributed by atoms with E-state index >= 15 is 9.59 Å². The summed E-state index contributed by atoms with van der Waals surface area (Å²) in [7, 11) is 8.51. The molecule has 4 aromatic rings. The Labute approximate surface area is 468 Å². The zero-order valence-corrected chi connectivity index (χ0v) is 45.2. The third kappa shape index (κ3) is 9.66. The molecule has 4 aromatic carbocycles. The maximum atomic E-state index is 16.0. The lowest BCUT2D eigenvalue weighted by molar-refractivity contribution is -0.320. The minimum Gasteiger partial charge on any atom is -0.493 e. The number of benzene rings is 4. The maximum absolute atomic E-state index is 16.0. The van der Waals surface area contributed by atoms with Crippen molar-refractivity contribution in [1.29, 1.82) is 0 Å². The van der Waals surface area contributed by atoms with Gasteiger partial charge in [0, 0.05) is 23.7 Å². The number of cyclic esters (lactones) is 2. The van der Waals surface area contributed by atoms with E-state index in [9.17, 15) is 40.9 Å². The number of hydrogen-bond donors (Lipinski definition) is 8. The second-order valence-electron chi connectivity index (χ2n) is 20.7. The third-order valence-corrected chi connectivity index (χ3v) is 16.6. The summed E-state index contributed by atoms with van der Waals surface area (Å²) in [6, 6.07) is 13.1. The second kappa shape index (κ2) is 23.2. The Balaban J connectivity index is 1.12. The van der Waals surface area contributed by atoms with Crippen molar-refractivity contribution in [3.63, 3.8) is 0 Å². The summed E-state index contributed by atoms with van der Waals surface area (Å²) in [4.78, 5) is 32.1. The predicted molar refractivity (Wildman–Crippen MR) is 272 cm³/mol. The van der Waals surface area contributed by atoms with E-state index in [0.717, 1.165) is 0 Å². The van der Waals surface area contributed by atoms with Gasteiger partial charge >= 0.3 is 11.9 Å². The fraction of sp³-hybridized carbons (Fsp3) is 0.536. The largest absolute Gasteiger partial charge is 0.493 e. The topological polar surface area (TPSA) is 344 Å². The van der Waals surface area contributed by atoms with Crippen molar-refractivity contribution in [2.45, 2.75) is 85.5 Å². The Kier molecular flexibility index (Phi) is 16.2. The fourth-order valence-corrected chi connectivity index (χ4v) is 12.6. The molecular formula is C56H64O26. The standard InChI is InChI=1S/C56H64O26/c1-67-33-7-21(8-34(68-2)51(33)71-5)39-23-11-29-31(77-19-75-29)13-25(23)49(81-55-47(63)45(61)43(59)37(15-57)79-55)27-17-74-54(66)42-28(18-73-53(65)41(27)39)50(82-56-48(64)46(62)44(60)38(16-58)80-56)26-14-32-30(76-20-78-32)12-24(26)40(42)22-9-35(69-3)52(72-6)36(10-22)70-4/h7-14,27-28,37-50,55-64H,15-20H2,1-6H3. The molecule has 444 valence electrons. The summed E-state index contributed by atoms with van der Waals surface area (Å²) in [6.07, 6.45) is -20.5. The molecule has 3 fully saturated rings. The number of hydrogen-bond acceptors (Lipinski definition) is 26. The molecule has 0 saturated carbocycles. The summed E-state index contributed by atoms with van der Waals surface area (Å²) in [5.74, 6) is -7.24. The molecule has 26 heteroatoms. The molecule has 3 saturated heterocycles. The molecule has 18 atom stereocenters. The Hall–Kier alpha value is -6.66. The Bertz CT molecular complexity index is 2770. The lowest BCUT2D eigenvalue weighted by atomic mass is 9.64. The van der Waals surface area contributed by atoms with Crippen LogP contribution in [0.5, 0.6) is 57.5 Å². The highest BCUT2D eigenvalue weighted by atomic mass is 16.7. The summed E-state index contributed by atoms with van der Waals surface area (Å²) in [5.41, 5.74) is 2.16. The molecule has 0 amide bonds. The second-order valence-corrected chi connectivity index (χ2v) is 20.7. The number of carbonyl (C=O) groups excluding carboxylic acids is 2. The van der Waals surface area contributed by atoms with Crippen LogP contribution in [0.1, 0.15) is 57.4 Å². The smallest absolute Gasteiger partial charge is 0.310 e. The van der Waals surface area contributed by atoms with Gasteiger partial charge in [-0.2, -0.15) is 0 Å². The van der Waals surface area contributed by atoms with Crippen LogP contribution in [0.15, 0.2) is 48.5 Å². The average molecular weight is 1150 g/mol. The number of ether oxygens (including phenoxy) is 16. The highest BCUT2D eigenvalue weighted by Crippen LogP contribution is 2.59. The van der Waals surface area contributed by atoms with Gasteiger partial charge in [-0.05, 0) is 81.9 Å². The molecule has 8 N–H and O–H groups in total. The van der Waals surface area contributed by atoms with Crippen molar-refractivity contribution in [2.75, 3.05) is 82.7 Å². The molecule has 18 unspecified atom stereocenters. The molecule has 82 heavy (non-hydrogen) atoms. The van der Waals surface area contributed by atoms with Gasteiger partial charge in [0.1, 0.15) is 48.8 Å². The number of carbonyl (C=O) groups is 2. The van der Waals surface area contributed by atoms with Gasteiger partial charge in [0.2, 0.25) is 25.1 Å². The first kappa shape index (κ1) is 57.2. The van der Waals surface area contributed by atoms with E-state index in [2.05, 4.69) is 0 Å². The number of aliphatic hydroxyl groups is 8. The van der Waals surface area contributed by atoms with Crippen LogP contribution < -0.4 is 47.4 Å². The van der Waals surface area contributed by atoms with Crippen molar-refractivity contribution in [1.82, 2.24) is 0 Å². The van der Waals surface area contributed by atoms with Crippen LogP contribution in [0.4, 0.5) is 0 Å². The van der Waals surface area contributed by atoms with E-state index in [0.29, 0.717) is 33.4 Å². The molecule has 0 bridgehead atoms. The van der Waals surface area contributed by atoms with E-state index in [4.69, 9.17) is 75.8 Å². The van der Waals surface area contributed by atoms with Crippen LogP contribution in [0.2, 0.25) is 0 Å². The number of esters is 2. The molecule has 0 spiro atoms. The van der Waals surface area contributed by atoms with E-state index in [-0.39, 0.29) is 71.1 Å². The first-order valence-electron chi connectivity index (χ1n) is 26.3. The third-order valence-electron chi connectivity index (χ3n) is 16.6. The molecule has 2 aliphatic carbocycles. The zero-order valence-electron chi connectivity index (χ0n) is 45.2. The van der Waals surface area contributed by atoms with E-state index in [1.165, 1.54) is 42.7 Å². The SMILES string of the molecule is COc1cc(C2c3cc4c(cc3C(OC3OC(CO)C(O)C(O)C3O)C3COC(=O)C5C(c6cc(OC)c(OC)c(OC)c6)c6cc7c(cc6C(OC6OC(CO)C(O)C(O)C6O)C5COC(=O)C23)OCO7)OCO4)cc(OC)c1OC. The zero-order chi connectivity index (χ0) is 58.0. The van der Waals surface area contributed by atoms with Crippen LogP contribution in [0, 0.1) is 23.7 Å². The molecule has 5 aliphatic heterocycles. The summed E-state index contributed by atoms with van der Waals surface area (Å²) >= 11 is 0. The molecule has 26 nitrogen and oxygen atoms in total. The minimum atomic E-state index is -1.94. The van der Waals surface area contributed by atoms with Crippen molar-refractivity contribution < 1.29 is 126 Å². The molecule has 0 aromatic heterocycles. The van der Waals surface area contributed by atoms with Gasteiger partial charge in [0.25, 0.3) is 0 Å². The highest BCUT2D eigenvalue weighted by Gasteiger charge is 2.57. The number of fused-ring (bicyclic) bond motifs is 6. The molecule has 11 rings (SSSR count). The van der Waals surface area contributed by atoms with Gasteiger partial charge in [0.05, 0.1) is 93.1 Å². The summed E-state index contributed by atoms with van der Waals surface area (Å²) < 4.78 is 96.8. The first-order valence-corrected chi connectivity index (χ1v) is 26.3. The highest BCUT2D eigenvalue weighted by molar-refractivity contribution is 5.80. The Morgan fingerprint density at radius 3 is 1.06 bits per heavy atom. The van der Waals surface area contributed by atoms with E-state index < -0.39 is 147 Å². The van der Waals surface area contributed by atoms with E-state index in [1.807, 2.05) is 0 Å². The average Bonchev–Trinajstić information content (AvgIpc) is 4.30.